The molecule has 4 rings (SSSR count). The van der Waals surface area contributed by atoms with E-state index in [1.54, 1.807) is 34.2 Å². The highest BCUT2D eigenvalue weighted by Gasteiger charge is 2.23. The van der Waals surface area contributed by atoms with Gasteiger partial charge in [-0.05, 0) is 110 Å². The van der Waals surface area contributed by atoms with Crippen molar-refractivity contribution in [2.45, 2.75) is 70.3 Å². The Bertz CT molecular complexity index is 601. The second-order valence-electron chi connectivity index (χ2n) is 7.44. The van der Waals surface area contributed by atoms with Crippen molar-refractivity contribution in [3.05, 3.63) is 52.6 Å². The van der Waals surface area contributed by atoms with E-state index in [1.807, 2.05) is 0 Å². The fourth-order valence-corrected chi connectivity index (χ4v) is 5.07. The molecule has 142 valence electrons. The lowest BCUT2D eigenvalue weighted by Crippen LogP contribution is -2.33. The molecule has 26 heavy (non-hydrogen) atoms. The van der Waals surface area contributed by atoms with Crippen LogP contribution in [-0.2, 0) is 25.7 Å². The first-order valence-corrected chi connectivity index (χ1v) is 11.0. The maximum absolute atomic E-state index is 4.61. The predicted molar refractivity (Wildman–Crippen MR) is 115 cm³/mol. The van der Waals surface area contributed by atoms with Crippen molar-refractivity contribution < 1.29 is 0 Å². The fourth-order valence-electron chi connectivity index (χ4n) is 4.43. The van der Waals surface area contributed by atoms with Crippen LogP contribution in [0.4, 0.5) is 5.69 Å². The van der Waals surface area contributed by atoms with Crippen molar-refractivity contribution in [2.75, 3.05) is 11.3 Å². The highest BCUT2D eigenvalue weighted by atomic mass is 32.2. The SMILES string of the molecule is C(=C\SNc1c2c(cc3c1CCC3)CCC2)/CC1CCCCN1.C=CN. The zero-order valence-electron chi connectivity index (χ0n) is 15.9. The van der Waals surface area contributed by atoms with Gasteiger partial charge in [0.15, 0.2) is 0 Å². The average Bonchev–Trinajstić information content (AvgIpc) is 3.31. The molecule has 1 fully saturated rings. The minimum absolute atomic E-state index is 0.700. The average molecular weight is 372 g/mol. The van der Waals surface area contributed by atoms with E-state index in [0.717, 1.165) is 0 Å². The van der Waals surface area contributed by atoms with Gasteiger partial charge in [-0.25, -0.2) is 0 Å². The Morgan fingerprint density at radius 2 is 1.81 bits per heavy atom. The minimum Gasteiger partial charge on any atom is -0.405 e. The Labute approximate surface area is 163 Å². The number of hydrogen-bond acceptors (Lipinski definition) is 4. The third-order valence-electron chi connectivity index (χ3n) is 5.63. The molecule has 1 heterocycles. The summed E-state index contributed by atoms with van der Waals surface area (Å²) in [5, 5.41) is 5.87. The molecule has 0 aromatic heterocycles. The number of nitrogens with one attached hydrogen (secondary N) is 2. The number of piperidine rings is 1. The van der Waals surface area contributed by atoms with Crippen molar-refractivity contribution in [3.63, 3.8) is 0 Å². The third kappa shape index (κ3) is 4.86. The lowest BCUT2D eigenvalue weighted by molar-refractivity contribution is 0.404. The van der Waals surface area contributed by atoms with Crippen LogP contribution in [0.1, 0.15) is 60.8 Å². The molecule has 1 unspecified atom stereocenters. The van der Waals surface area contributed by atoms with Crippen LogP contribution in [0.3, 0.4) is 0 Å². The van der Waals surface area contributed by atoms with Crippen molar-refractivity contribution in [1.29, 1.82) is 0 Å². The van der Waals surface area contributed by atoms with Gasteiger partial charge in [0.2, 0.25) is 0 Å². The molecule has 0 bridgehead atoms. The van der Waals surface area contributed by atoms with E-state index in [1.165, 1.54) is 82.6 Å². The summed E-state index contributed by atoms with van der Waals surface area (Å²) < 4.78 is 3.69. The molecule has 4 N–H and O–H groups in total. The number of fused-ring (bicyclic) bond motifs is 2. The van der Waals surface area contributed by atoms with Crippen LogP contribution in [0.15, 0.2) is 30.3 Å². The first-order valence-electron chi connectivity index (χ1n) is 10.1. The molecule has 2 aliphatic carbocycles. The van der Waals surface area contributed by atoms with E-state index in [9.17, 15) is 0 Å². The van der Waals surface area contributed by atoms with Gasteiger partial charge in [0, 0.05) is 6.04 Å². The van der Waals surface area contributed by atoms with E-state index in [4.69, 9.17) is 0 Å². The fraction of sp³-hybridized carbons (Fsp3) is 0.545. The molecule has 3 nitrogen and oxygen atoms in total. The lowest BCUT2D eigenvalue weighted by Gasteiger charge is -2.21. The number of rotatable bonds is 5. The van der Waals surface area contributed by atoms with E-state index < -0.39 is 0 Å². The first kappa shape index (κ1) is 19.4. The number of anilines is 1. The smallest absolute Gasteiger partial charge is 0.0512 e. The van der Waals surface area contributed by atoms with Crippen LogP contribution in [0.5, 0.6) is 0 Å². The van der Waals surface area contributed by atoms with Gasteiger partial charge in [-0.3, -0.25) is 0 Å². The molecule has 1 atom stereocenters. The van der Waals surface area contributed by atoms with Crippen LogP contribution in [0.25, 0.3) is 0 Å². The monoisotopic (exact) mass is 371 g/mol. The molecular weight excluding hydrogens is 338 g/mol. The second kappa shape index (κ2) is 10.1. The zero-order valence-corrected chi connectivity index (χ0v) is 16.7. The van der Waals surface area contributed by atoms with Crippen LogP contribution in [-0.4, -0.2) is 12.6 Å². The van der Waals surface area contributed by atoms with Gasteiger partial charge >= 0.3 is 0 Å². The topological polar surface area (TPSA) is 50.1 Å². The molecule has 4 heteroatoms. The molecule has 0 spiro atoms. The van der Waals surface area contributed by atoms with E-state index in [2.05, 4.69) is 39.9 Å². The van der Waals surface area contributed by atoms with Crippen LogP contribution in [0, 0.1) is 0 Å². The minimum atomic E-state index is 0.700. The maximum atomic E-state index is 4.61. The molecule has 3 aliphatic rings. The Balaban J connectivity index is 0.000000613. The first-order chi connectivity index (χ1) is 12.8. The van der Waals surface area contributed by atoms with Gasteiger partial charge in [-0.15, -0.1) is 0 Å². The zero-order chi connectivity index (χ0) is 18.2. The summed E-state index contributed by atoms with van der Waals surface area (Å²) in [6.45, 7) is 4.34. The maximum Gasteiger partial charge on any atom is 0.0512 e. The predicted octanol–water partition coefficient (Wildman–Crippen LogP) is 4.86. The van der Waals surface area contributed by atoms with Crippen molar-refractivity contribution >= 4 is 17.6 Å². The van der Waals surface area contributed by atoms with Crippen molar-refractivity contribution in [2.24, 2.45) is 5.73 Å². The molecule has 0 saturated carbocycles. The van der Waals surface area contributed by atoms with E-state index in [0.29, 0.717) is 6.04 Å². The summed E-state index contributed by atoms with van der Waals surface area (Å²) in [6.07, 6.45) is 16.6. The van der Waals surface area contributed by atoms with Gasteiger partial charge in [-0.2, -0.15) is 0 Å². The summed E-state index contributed by atoms with van der Waals surface area (Å²) in [5.41, 5.74) is 12.5. The van der Waals surface area contributed by atoms with Crippen LogP contribution in [0.2, 0.25) is 0 Å². The Kier molecular flexibility index (Phi) is 7.51. The number of hydrogen-bond donors (Lipinski definition) is 3. The van der Waals surface area contributed by atoms with E-state index >= 15 is 0 Å². The number of benzene rings is 1. The summed E-state index contributed by atoms with van der Waals surface area (Å²) >= 11 is 1.77. The molecule has 1 aliphatic heterocycles. The van der Waals surface area contributed by atoms with Crippen molar-refractivity contribution in [1.82, 2.24) is 5.32 Å². The van der Waals surface area contributed by atoms with Crippen LogP contribution >= 0.6 is 11.9 Å². The number of aryl methyl sites for hydroxylation is 2. The third-order valence-corrected chi connectivity index (χ3v) is 6.28. The summed E-state index contributed by atoms with van der Waals surface area (Å²) in [5.74, 6) is 0. The molecular formula is C22H33N3S. The van der Waals surface area contributed by atoms with Gasteiger partial charge in [0.05, 0.1) is 5.69 Å². The quantitative estimate of drug-likeness (QED) is 0.647. The van der Waals surface area contributed by atoms with Crippen LogP contribution < -0.4 is 15.8 Å². The van der Waals surface area contributed by atoms with Crippen molar-refractivity contribution in [3.8, 4) is 0 Å². The molecule has 1 aromatic rings. The van der Waals surface area contributed by atoms with Gasteiger partial charge in [0.25, 0.3) is 0 Å². The summed E-state index contributed by atoms with van der Waals surface area (Å²) in [7, 11) is 0. The van der Waals surface area contributed by atoms with Gasteiger partial charge < -0.3 is 15.8 Å². The van der Waals surface area contributed by atoms with Gasteiger partial charge in [0.1, 0.15) is 0 Å². The number of nitrogens with two attached hydrogens (primary N) is 1. The summed E-state index contributed by atoms with van der Waals surface area (Å²) in [6, 6.07) is 3.20. The molecule has 0 amide bonds. The Hall–Kier alpha value is -1.39. The highest BCUT2D eigenvalue weighted by molar-refractivity contribution is 8.03. The highest BCUT2D eigenvalue weighted by Crippen LogP contribution is 2.39. The Morgan fingerprint density at radius 1 is 1.12 bits per heavy atom. The Morgan fingerprint density at radius 3 is 2.42 bits per heavy atom. The largest absolute Gasteiger partial charge is 0.405 e. The second-order valence-corrected chi connectivity index (χ2v) is 8.16. The molecule has 1 aromatic carbocycles. The normalized spacial score (nSPS) is 21.0. The standard InChI is InChI=1S/C20H28N2S.C2H5N/c1-2-12-21-17(8-1)9-5-13-23-22-20-18-10-3-6-15(18)14-16-7-4-11-19(16)20;1-2-3/h5,13-14,17,21-22H,1-4,6-12H2;2H,1,3H2/b13-5+;. The van der Waals surface area contributed by atoms with E-state index in [-0.39, 0.29) is 0 Å². The van der Waals surface area contributed by atoms with Gasteiger partial charge in [-0.1, -0.05) is 25.1 Å². The molecule has 0 radical (unpaired) electrons. The lowest BCUT2D eigenvalue weighted by atomic mass is 9.99. The summed E-state index contributed by atoms with van der Waals surface area (Å²) in [4.78, 5) is 0. The molecule has 1 saturated heterocycles.